The molecule has 0 N–H and O–H groups in total. The quantitative estimate of drug-likeness (QED) is 0.360. The first-order valence-corrected chi connectivity index (χ1v) is 12.2. The summed E-state index contributed by atoms with van der Waals surface area (Å²) in [6.07, 6.45) is -3.25. The second-order valence-electron chi connectivity index (χ2n) is 7.85. The molecule has 0 saturated carbocycles. The summed E-state index contributed by atoms with van der Waals surface area (Å²) in [4.78, 5) is 34.6. The van der Waals surface area contributed by atoms with Gasteiger partial charge in [-0.05, 0) is 25.1 Å². The number of halogens is 3. The highest BCUT2D eigenvalue weighted by atomic mass is 32.2. The summed E-state index contributed by atoms with van der Waals surface area (Å²) in [6.45, 7) is -0.214. The molecule has 0 saturated heterocycles. The number of carbonyl (C=O) groups is 2. The largest absolute Gasteiger partial charge is 0.484 e. The summed E-state index contributed by atoms with van der Waals surface area (Å²) >= 11 is 0. The predicted octanol–water partition coefficient (Wildman–Crippen LogP) is 3.08. The molecule has 1 atom stereocenters. The van der Waals surface area contributed by atoms with E-state index in [0.29, 0.717) is 16.6 Å². The van der Waals surface area contributed by atoms with Crippen LogP contribution in [0, 0.1) is 6.92 Å². The first-order valence-electron chi connectivity index (χ1n) is 10.9. The number of carbonyl (C=O) groups excluding carboxylic acids is 2. The lowest BCUT2D eigenvalue weighted by molar-refractivity contribution is -0.153. The number of rotatable bonds is 10. The van der Waals surface area contributed by atoms with Crippen molar-refractivity contribution in [3.63, 3.8) is 0 Å². The fourth-order valence-electron chi connectivity index (χ4n) is 3.27. The maximum Gasteiger partial charge on any atom is 0.422 e. The van der Waals surface area contributed by atoms with Gasteiger partial charge >= 0.3 is 18.2 Å². The van der Waals surface area contributed by atoms with Crippen molar-refractivity contribution in [2.45, 2.75) is 24.0 Å². The summed E-state index contributed by atoms with van der Waals surface area (Å²) in [7, 11) is 0.931. The number of aromatic nitrogens is 3. The average Bonchev–Trinajstić information content (AvgIpc) is 3.23. The maximum absolute atomic E-state index is 13.4. The molecule has 0 aliphatic carbocycles. The first-order chi connectivity index (χ1) is 17.5. The van der Waals surface area contributed by atoms with Crippen LogP contribution in [0.2, 0.25) is 0 Å². The van der Waals surface area contributed by atoms with E-state index >= 15 is 0 Å². The Labute approximate surface area is 212 Å². The third-order valence-corrected chi connectivity index (χ3v) is 6.34. The van der Waals surface area contributed by atoms with Crippen LogP contribution in [0.5, 0.6) is 5.75 Å². The summed E-state index contributed by atoms with van der Waals surface area (Å²) < 4.78 is 66.9. The number of para-hydroxylation sites is 2. The number of amides is 1. The average molecular weight is 543 g/mol. The number of methoxy groups -OCH3 is 1. The van der Waals surface area contributed by atoms with Gasteiger partial charge in [-0.15, -0.1) is 0 Å². The topological polar surface area (TPSA) is 113 Å². The van der Waals surface area contributed by atoms with Gasteiger partial charge in [0.1, 0.15) is 19.0 Å². The van der Waals surface area contributed by atoms with Crippen molar-refractivity contribution in [1.82, 2.24) is 19.4 Å². The van der Waals surface area contributed by atoms with Crippen LogP contribution in [0.1, 0.15) is 11.3 Å². The molecule has 2 heterocycles. The zero-order valence-electron chi connectivity index (χ0n) is 20.3. The minimum absolute atomic E-state index is 0.0355. The number of esters is 1. The van der Waals surface area contributed by atoms with Gasteiger partial charge in [-0.3, -0.25) is 9.19 Å². The highest BCUT2D eigenvalue weighted by molar-refractivity contribution is 7.84. The van der Waals surface area contributed by atoms with Crippen LogP contribution in [0.4, 0.5) is 18.0 Å². The van der Waals surface area contributed by atoms with Crippen molar-refractivity contribution in [1.29, 1.82) is 0 Å². The second-order valence-corrected chi connectivity index (χ2v) is 9.20. The van der Waals surface area contributed by atoms with Gasteiger partial charge in [0.15, 0.2) is 6.61 Å². The summed E-state index contributed by atoms with van der Waals surface area (Å²) in [5.74, 6) is -0.835. The SMILES string of the molecule is COCC(=O)OCCN(C)C(=O)n1c([S@@](=O)Cc2nccc(OCC(F)(F)F)c2C)nc2ccccc21. The van der Waals surface area contributed by atoms with Crippen molar-refractivity contribution in [3.05, 3.63) is 47.8 Å². The third kappa shape index (κ3) is 7.26. The van der Waals surface area contributed by atoms with Crippen LogP contribution in [0.15, 0.2) is 41.7 Å². The number of hydrogen-bond donors (Lipinski definition) is 0. The molecule has 200 valence electrons. The lowest BCUT2D eigenvalue weighted by Gasteiger charge is -2.19. The number of fused-ring (bicyclic) bond motifs is 1. The summed E-state index contributed by atoms with van der Waals surface area (Å²) in [5.41, 5.74) is 1.36. The van der Waals surface area contributed by atoms with Crippen LogP contribution in [0.3, 0.4) is 0 Å². The van der Waals surface area contributed by atoms with Gasteiger partial charge in [-0.25, -0.2) is 19.1 Å². The minimum Gasteiger partial charge on any atom is -0.484 e. The Balaban J connectivity index is 1.84. The molecule has 0 spiro atoms. The Hall–Kier alpha value is -3.52. The predicted molar refractivity (Wildman–Crippen MR) is 127 cm³/mol. The molecule has 1 amide bonds. The van der Waals surface area contributed by atoms with Gasteiger partial charge in [0.25, 0.3) is 0 Å². The van der Waals surface area contributed by atoms with Crippen molar-refractivity contribution in [2.75, 3.05) is 40.5 Å². The molecule has 10 nitrogen and oxygen atoms in total. The molecule has 0 fully saturated rings. The lowest BCUT2D eigenvalue weighted by atomic mass is 10.2. The molecule has 0 unspecified atom stereocenters. The highest BCUT2D eigenvalue weighted by Crippen LogP contribution is 2.26. The first kappa shape index (κ1) is 28.1. The van der Waals surface area contributed by atoms with Crippen molar-refractivity contribution < 1.29 is 41.2 Å². The Morgan fingerprint density at radius 2 is 1.92 bits per heavy atom. The molecule has 0 radical (unpaired) electrons. The number of nitrogens with zero attached hydrogens (tertiary/aromatic N) is 4. The maximum atomic E-state index is 13.4. The molecule has 3 rings (SSSR count). The number of benzene rings is 1. The molecular weight excluding hydrogens is 517 g/mol. The zero-order valence-corrected chi connectivity index (χ0v) is 21.1. The van der Waals surface area contributed by atoms with Gasteiger partial charge in [0, 0.05) is 25.9 Å². The van der Waals surface area contributed by atoms with E-state index in [1.54, 1.807) is 24.3 Å². The number of imidazole rings is 1. The molecule has 0 aliphatic rings. The molecule has 1 aromatic carbocycles. The number of pyridine rings is 1. The van der Waals surface area contributed by atoms with E-state index in [-0.39, 0.29) is 42.1 Å². The third-order valence-electron chi connectivity index (χ3n) is 5.12. The fourth-order valence-corrected chi connectivity index (χ4v) is 4.52. The molecule has 3 aromatic rings. The lowest BCUT2D eigenvalue weighted by Crippen LogP contribution is -2.35. The Morgan fingerprint density at radius 3 is 2.62 bits per heavy atom. The van der Waals surface area contributed by atoms with Gasteiger partial charge in [0.2, 0.25) is 5.16 Å². The zero-order chi connectivity index (χ0) is 27.2. The molecular formula is C23H25F3N4O6S. The normalized spacial score (nSPS) is 12.4. The van der Waals surface area contributed by atoms with E-state index in [0.717, 1.165) is 0 Å². The smallest absolute Gasteiger partial charge is 0.422 e. The minimum atomic E-state index is -4.52. The molecule has 37 heavy (non-hydrogen) atoms. The van der Waals surface area contributed by atoms with Crippen molar-refractivity contribution in [3.8, 4) is 5.75 Å². The Bertz CT molecular complexity index is 1300. The number of likely N-dealkylation sites (N-methyl/N-ethyl adjacent to an activating group) is 1. The van der Waals surface area contributed by atoms with Crippen LogP contribution in [-0.4, -0.2) is 82.3 Å². The Kier molecular flexibility index (Phi) is 9.21. The van der Waals surface area contributed by atoms with Gasteiger partial charge in [-0.2, -0.15) is 13.2 Å². The van der Waals surface area contributed by atoms with E-state index < -0.39 is 35.6 Å². The number of alkyl halides is 3. The van der Waals surface area contributed by atoms with Gasteiger partial charge < -0.3 is 19.1 Å². The van der Waals surface area contributed by atoms with E-state index in [1.165, 1.54) is 42.8 Å². The number of hydrogen-bond acceptors (Lipinski definition) is 8. The highest BCUT2D eigenvalue weighted by Gasteiger charge is 2.29. The van der Waals surface area contributed by atoms with E-state index in [4.69, 9.17) is 9.47 Å². The summed E-state index contributed by atoms with van der Waals surface area (Å²) in [5, 5.41) is -0.0581. The summed E-state index contributed by atoms with van der Waals surface area (Å²) in [6, 6.07) is 7.43. The number of ether oxygens (including phenoxy) is 3. The molecule has 0 bridgehead atoms. The van der Waals surface area contributed by atoms with Crippen LogP contribution < -0.4 is 4.74 Å². The fraction of sp³-hybridized carbons (Fsp3) is 0.391. The van der Waals surface area contributed by atoms with E-state index in [9.17, 15) is 27.0 Å². The monoisotopic (exact) mass is 542 g/mol. The van der Waals surface area contributed by atoms with Crippen molar-refractivity contribution in [2.24, 2.45) is 0 Å². The van der Waals surface area contributed by atoms with E-state index in [2.05, 4.69) is 14.7 Å². The molecule has 2 aromatic heterocycles. The molecule has 14 heteroatoms. The molecule has 0 aliphatic heterocycles. The standard InChI is InChI=1S/C23H25F3N4O6S/c1-15-17(27-9-8-19(15)36-14-23(24,25)26)13-37(33)21-28-16-6-4-5-7-18(16)30(21)22(32)29(2)10-11-35-20(31)12-34-3/h4-9H,10-14H2,1-3H3/t37-/m0/s1. The van der Waals surface area contributed by atoms with Crippen molar-refractivity contribution >= 4 is 33.8 Å². The Morgan fingerprint density at radius 1 is 1.19 bits per heavy atom. The second kappa shape index (κ2) is 12.1. The van der Waals surface area contributed by atoms with Crippen LogP contribution in [0.25, 0.3) is 11.0 Å². The van der Waals surface area contributed by atoms with Gasteiger partial charge in [0.05, 0.1) is 39.8 Å². The van der Waals surface area contributed by atoms with Gasteiger partial charge in [-0.1, -0.05) is 12.1 Å². The van der Waals surface area contributed by atoms with Crippen LogP contribution >= 0.6 is 0 Å². The van der Waals surface area contributed by atoms with Crippen LogP contribution in [-0.2, 0) is 30.8 Å². The van der Waals surface area contributed by atoms with E-state index in [1.807, 2.05) is 0 Å².